The Hall–Kier alpha value is -3.50. The number of aliphatic hydroxyl groups is 1. The van der Waals surface area contributed by atoms with Crippen LogP contribution in [0.25, 0.3) is 0 Å². The first-order chi connectivity index (χ1) is 21.1. The molecule has 3 amide bonds. The van der Waals surface area contributed by atoms with Gasteiger partial charge in [0.25, 0.3) is 5.91 Å². The molecule has 240 valence electrons. The van der Waals surface area contributed by atoms with Gasteiger partial charge in [0.1, 0.15) is 17.7 Å². The number of esters is 1. The molecule has 3 fully saturated rings. The highest BCUT2D eigenvalue weighted by Gasteiger charge is 2.75. The van der Waals surface area contributed by atoms with Crippen molar-refractivity contribution in [1.29, 1.82) is 0 Å². The number of amides is 3. The lowest BCUT2D eigenvalue weighted by Gasteiger charge is -2.37. The van der Waals surface area contributed by atoms with Gasteiger partial charge in [0.05, 0.1) is 24.5 Å². The molecule has 3 aliphatic heterocycles. The number of rotatable bonds is 16. The zero-order valence-electron chi connectivity index (χ0n) is 26.3. The summed E-state index contributed by atoms with van der Waals surface area (Å²) in [6, 6.07) is 4.99. The Morgan fingerprint density at radius 1 is 1.23 bits per heavy atom. The summed E-state index contributed by atoms with van der Waals surface area (Å²) >= 11 is 0. The quantitative estimate of drug-likeness (QED) is 0.167. The number of anilines is 1. The average Bonchev–Trinajstić information content (AvgIpc) is 3.64. The Bertz CT molecular complexity index is 1270. The average molecular weight is 610 g/mol. The van der Waals surface area contributed by atoms with Gasteiger partial charge in [0.2, 0.25) is 11.8 Å². The Balaban J connectivity index is 1.62. The van der Waals surface area contributed by atoms with Crippen LogP contribution in [0, 0.1) is 25.7 Å². The topological polar surface area (TPSA) is 125 Å². The molecule has 3 heterocycles. The second-order valence-electron chi connectivity index (χ2n) is 12.3. The molecule has 2 bridgehead atoms. The van der Waals surface area contributed by atoms with Crippen LogP contribution in [-0.4, -0.2) is 83.8 Å². The van der Waals surface area contributed by atoms with Gasteiger partial charge in [-0.1, -0.05) is 24.3 Å². The van der Waals surface area contributed by atoms with Crippen LogP contribution in [0.3, 0.4) is 0 Å². The van der Waals surface area contributed by atoms with Gasteiger partial charge in [-0.15, -0.1) is 13.2 Å². The number of carbonyl (C=O) groups excluding carboxylic acids is 4. The van der Waals surface area contributed by atoms with E-state index in [0.717, 1.165) is 16.8 Å². The molecule has 0 unspecified atom stereocenters. The minimum absolute atomic E-state index is 0.0498. The van der Waals surface area contributed by atoms with Crippen molar-refractivity contribution in [1.82, 2.24) is 10.2 Å². The van der Waals surface area contributed by atoms with Gasteiger partial charge < -0.3 is 29.7 Å². The number of likely N-dealkylation sites (tertiary alicyclic amines) is 1. The van der Waals surface area contributed by atoms with Crippen molar-refractivity contribution in [2.24, 2.45) is 11.8 Å². The third kappa shape index (κ3) is 6.61. The van der Waals surface area contributed by atoms with Crippen molar-refractivity contribution in [2.45, 2.75) is 89.6 Å². The minimum atomic E-state index is -1.15. The van der Waals surface area contributed by atoms with Crippen molar-refractivity contribution in [3.05, 3.63) is 54.6 Å². The molecule has 44 heavy (non-hydrogen) atoms. The maximum absolute atomic E-state index is 14.6. The number of aryl methyl sites for hydroxylation is 2. The molecule has 1 spiro atoms. The number of hydrogen-bond donors (Lipinski definition) is 2. The summed E-state index contributed by atoms with van der Waals surface area (Å²) in [5.74, 6) is -2.94. The number of nitrogens with one attached hydrogen (secondary N) is 1. The SMILES string of the molecule is C=CCCC(=O)NC[C@@H](C)OC(=O)[C@@H]1[C@H]2C(=O)N(CCCCCO)[C@H](C(=O)N(CC=C)c3cc(C)ccc3C)[C@]23CC[C@H]1O3. The highest BCUT2D eigenvalue weighted by molar-refractivity contribution is 6.05. The van der Waals surface area contributed by atoms with Crippen LogP contribution in [0.2, 0.25) is 0 Å². The number of aliphatic hydroxyl groups excluding tert-OH is 1. The fourth-order valence-electron chi connectivity index (χ4n) is 7.00. The number of hydrogen-bond acceptors (Lipinski definition) is 7. The number of allylic oxidation sites excluding steroid dienone is 1. The van der Waals surface area contributed by atoms with Gasteiger partial charge in [-0.3, -0.25) is 19.2 Å². The first kappa shape index (κ1) is 33.4. The van der Waals surface area contributed by atoms with E-state index in [-0.39, 0.29) is 37.4 Å². The van der Waals surface area contributed by atoms with Gasteiger partial charge in [0, 0.05) is 31.8 Å². The summed E-state index contributed by atoms with van der Waals surface area (Å²) in [5.41, 5.74) is 1.51. The maximum atomic E-state index is 14.6. The van der Waals surface area contributed by atoms with E-state index in [1.807, 2.05) is 32.0 Å². The lowest BCUT2D eigenvalue weighted by Crippen LogP contribution is -2.56. The molecule has 0 aromatic heterocycles. The molecule has 1 aromatic carbocycles. The zero-order chi connectivity index (χ0) is 32.0. The number of fused-ring (bicyclic) bond motifs is 1. The van der Waals surface area contributed by atoms with Crippen molar-refractivity contribution >= 4 is 29.4 Å². The van der Waals surface area contributed by atoms with E-state index >= 15 is 0 Å². The Labute approximate surface area is 260 Å². The van der Waals surface area contributed by atoms with Crippen molar-refractivity contribution in [2.75, 3.05) is 31.1 Å². The van der Waals surface area contributed by atoms with Crippen LogP contribution in [0.5, 0.6) is 0 Å². The lowest BCUT2D eigenvalue weighted by atomic mass is 9.70. The van der Waals surface area contributed by atoms with Crippen LogP contribution in [0.1, 0.15) is 63.0 Å². The number of nitrogens with zero attached hydrogens (tertiary/aromatic N) is 2. The summed E-state index contributed by atoms with van der Waals surface area (Å²) < 4.78 is 12.3. The van der Waals surface area contributed by atoms with E-state index in [9.17, 15) is 24.3 Å². The fraction of sp³-hybridized carbons (Fsp3) is 0.588. The van der Waals surface area contributed by atoms with Gasteiger partial charge >= 0.3 is 5.97 Å². The van der Waals surface area contributed by atoms with Gasteiger partial charge in [0.15, 0.2) is 0 Å². The number of ether oxygens (including phenoxy) is 2. The molecule has 10 heteroatoms. The Kier molecular flexibility index (Phi) is 11.0. The van der Waals surface area contributed by atoms with E-state index in [1.165, 1.54) is 0 Å². The highest BCUT2D eigenvalue weighted by atomic mass is 16.6. The van der Waals surface area contributed by atoms with Crippen molar-refractivity contribution in [3.8, 4) is 0 Å². The van der Waals surface area contributed by atoms with Crippen LogP contribution < -0.4 is 10.2 Å². The Morgan fingerprint density at radius 3 is 2.70 bits per heavy atom. The maximum Gasteiger partial charge on any atom is 0.312 e. The van der Waals surface area contributed by atoms with E-state index in [4.69, 9.17) is 9.47 Å². The number of carbonyl (C=O) groups is 4. The van der Waals surface area contributed by atoms with E-state index < -0.39 is 41.7 Å². The van der Waals surface area contributed by atoms with Crippen LogP contribution >= 0.6 is 0 Å². The Morgan fingerprint density at radius 2 is 2.00 bits per heavy atom. The van der Waals surface area contributed by atoms with Crippen molar-refractivity contribution in [3.63, 3.8) is 0 Å². The second kappa shape index (κ2) is 14.5. The predicted molar refractivity (Wildman–Crippen MR) is 167 cm³/mol. The van der Waals surface area contributed by atoms with Gasteiger partial charge in [-0.25, -0.2) is 0 Å². The molecule has 10 nitrogen and oxygen atoms in total. The monoisotopic (exact) mass is 609 g/mol. The summed E-state index contributed by atoms with van der Waals surface area (Å²) in [6.45, 7) is 13.9. The molecule has 1 aromatic rings. The molecule has 3 aliphatic rings. The second-order valence-corrected chi connectivity index (χ2v) is 12.3. The molecule has 6 atom stereocenters. The third-order valence-electron chi connectivity index (χ3n) is 9.08. The molecule has 4 rings (SSSR count). The smallest absolute Gasteiger partial charge is 0.312 e. The van der Waals surface area contributed by atoms with E-state index in [0.29, 0.717) is 51.5 Å². The third-order valence-corrected chi connectivity index (χ3v) is 9.08. The number of benzene rings is 1. The minimum Gasteiger partial charge on any atom is -0.460 e. The standard InChI is InChI=1S/C34H47N3O7/c1-6-8-12-27(39)35-21-24(5)43-33(42)28-26-15-16-34(44-26)29(28)31(40)37(18-10-9-11-19-38)30(34)32(41)36(17-7-2)25-20-22(3)13-14-23(25)4/h6-7,13-14,20,24,26,28-30,38H,1-2,8-12,15-19,21H2,3-5H3,(H,35,39)/t24-,26-,28+,29+,30-,34+/m1/s1. The summed E-state index contributed by atoms with van der Waals surface area (Å²) in [5, 5.41) is 12.1. The molecule has 3 saturated heterocycles. The van der Waals surface area contributed by atoms with Crippen LogP contribution in [0.4, 0.5) is 5.69 Å². The predicted octanol–water partition coefficient (Wildman–Crippen LogP) is 3.37. The molecule has 0 radical (unpaired) electrons. The molecule has 0 saturated carbocycles. The van der Waals surface area contributed by atoms with Crippen LogP contribution in [0.15, 0.2) is 43.5 Å². The van der Waals surface area contributed by atoms with Gasteiger partial charge in [-0.05, 0) is 76.5 Å². The normalized spacial score (nSPS) is 25.8. The van der Waals surface area contributed by atoms with E-state index in [1.54, 1.807) is 28.9 Å². The molecule has 0 aliphatic carbocycles. The summed E-state index contributed by atoms with van der Waals surface area (Å²) in [4.78, 5) is 57.8. The molecular formula is C34H47N3O7. The van der Waals surface area contributed by atoms with Crippen LogP contribution in [-0.2, 0) is 28.7 Å². The molecule has 2 N–H and O–H groups in total. The fourth-order valence-corrected chi connectivity index (χ4v) is 7.00. The van der Waals surface area contributed by atoms with Gasteiger partial charge in [-0.2, -0.15) is 0 Å². The molecular weight excluding hydrogens is 562 g/mol. The highest BCUT2D eigenvalue weighted by Crippen LogP contribution is 2.59. The van der Waals surface area contributed by atoms with Crippen molar-refractivity contribution < 1.29 is 33.8 Å². The first-order valence-corrected chi connectivity index (χ1v) is 15.8. The largest absolute Gasteiger partial charge is 0.460 e. The zero-order valence-corrected chi connectivity index (χ0v) is 26.3. The summed E-state index contributed by atoms with van der Waals surface area (Å²) in [6.07, 6.45) is 5.94. The lowest BCUT2D eigenvalue weighted by molar-refractivity contribution is -0.159. The summed E-state index contributed by atoms with van der Waals surface area (Å²) in [7, 11) is 0. The van der Waals surface area contributed by atoms with E-state index in [2.05, 4.69) is 18.5 Å². The first-order valence-electron chi connectivity index (χ1n) is 15.8. The number of unbranched alkanes of at least 4 members (excludes halogenated alkanes) is 2.